The van der Waals surface area contributed by atoms with Gasteiger partial charge in [-0.1, -0.05) is 66.7 Å². The van der Waals surface area contributed by atoms with E-state index >= 15 is 0 Å². The Morgan fingerprint density at radius 2 is 1.56 bits per heavy atom. The van der Waals surface area contributed by atoms with Gasteiger partial charge in [0.2, 0.25) is 0 Å². The second kappa shape index (κ2) is 10.5. The van der Waals surface area contributed by atoms with Crippen LogP contribution in [-0.2, 0) is 0 Å². The van der Waals surface area contributed by atoms with E-state index in [2.05, 4.69) is 64.5 Å². The number of benzene rings is 2. The lowest BCUT2D eigenvalue weighted by Crippen LogP contribution is -2.49. The molecular weight excluding hydrogens is 525 g/mol. The van der Waals surface area contributed by atoms with Crippen molar-refractivity contribution in [1.82, 2.24) is 14.8 Å². The van der Waals surface area contributed by atoms with Gasteiger partial charge in [0.25, 0.3) is 5.91 Å². The number of hydrogen-bond acceptors (Lipinski definition) is 8. The number of thiophene rings is 2. The number of hydrogen-bond donors (Lipinski definition) is 2. The fourth-order valence-electron chi connectivity index (χ4n) is 5.32. The number of carbonyl (C=O) groups excluding carboxylic acids is 1. The Hall–Kier alpha value is -4.23. The summed E-state index contributed by atoms with van der Waals surface area (Å²) < 4.78 is 0. The lowest BCUT2D eigenvalue weighted by Gasteiger charge is -2.39. The van der Waals surface area contributed by atoms with E-state index in [-0.39, 0.29) is 23.3 Å². The van der Waals surface area contributed by atoms with Crippen molar-refractivity contribution < 1.29 is 4.79 Å². The Morgan fingerprint density at radius 1 is 0.923 bits per heavy atom. The Labute approximate surface area is 234 Å². The minimum Gasteiger partial charge on any atom is -0.397 e. The highest BCUT2D eigenvalue weighted by molar-refractivity contribution is 7.21. The predicted molar refractivity (Wildman–Crippen MR) is 159 cm³/mol. The molecule has 1 saturated heterocycles. The molecule has 0 aliphatic carbocycles. The molecule has 0 unspecified atom stereocenters. The number of amides is 1. The number of fused-ring (bicyclic) bond motifs is 1. The molecule has 3 aromatic heterocycles. The molecule has 6 rings (SSSR count). The topological polar surface area (TPSA) is 112 Å². The first kappa shape index (κ1) is 25.1. The standard InChI is InChI=1S/C30H26N6OS2/c31-18-21-23(22-12-7-17-38-22)24-25(32)27(39-29(24)34-28(21)33)30(37)36-15-13-35(14-16-36)26(19-8-3-1-4-9-19)20-10-5-2-6-11-20/h1-12,17,26H,13-16,32H2,(H2,33,34). The maximum atomic E-state index is 13.8. The van der Waals surface area contributed by atoms with Crippen molar-refractivity contribution in [2.75, 3.05) is 37.6 Å². The Bertz CT molecular complexity index is 1630. The maximum Gasteiger partial charge on any atom is 0.266 e. The van der Waals surface area contributed by atoms with Gasteiger partial charge in [0.15, 0.2) is 0 Å². The zero-order valence-corrected chi connectivity index (χ0v) is 22.7. The smallest absolute Gasteiger partial charge is 0.266 e. The fourth-order valence-corrected chi connectivity index (χ4v) is 7.18. The number of aromatic nitrogens is 1. The molecule has 1 fully saturated rings. The number of nitriles is 1. The van der Waals surface area contributed by atoms with Gasteiger partial charge in [0.05, 0.1) is 11.7 Å². The molecule has 1 aliphatic heterocycles. The number of pyridine rings is 1. The summed E-state index contributed by atoms with van der Waals surface area (Å²) in [5.41, 5.74) is 16.5. The average Bonchev–Trinajstić information content (AvgIpc) is 3.62. The van der Waals surface area contributed by atoms with Crippen LogP contribution in [0.15, 0.2) is 78.2 Å². The lowest BCUT2D eigenvalue weighted by molar-refractivity contribution is 0.0603. The zero-order chi connectivity index (χ0) is 26.9. The maximum absolute atomic E-state index is 13.8. The van der Waals surface area contributed by atoms with Crippen LogP contribution >= 0.6 is 22.7 Å². The van der Waals surface area contributed by atoms with Crippen molar-refractivity contribution in [3.05, 3.63) is 99.7 Å². The van der Waals surface area contributed by atoms with Crippen molar-refractivity contribution in [3.63, 3.8) is 0 Å². The predicted octanol–water partition coefficient (Wildman–Crippen LogP) is 5.61. The highest BCUT2D eigenvalue weighted by Gasteiger charge is 2.31. The highest BCUT2D eigenvalue weighted by Crippen LogP contribution is 2.44. The summed E-state index contributed by atoms with van der Waals surface area (Å²) in [4.78, 5) is 24.4. The van der Waals surface area contributed by atoms with Crippen molar-refractivity contribution in [2.24, 2.45) is 0 Å². The van der Waals surface area contributed by atoms with Crippen LogP contribution in [0.2, 0.25) is 0 Å². The van der Waals surface area contributed by atoms with E-state index in [1.807, 2.05) is 34.5 Å². The summed E-state index contributed by atoms with van der Waals surface area (Å²) in [6.07, 6.45) is 0. The minimum absolute atomic E-state index is 0.111. The van der Waals surface area contributed by atoms with E-state index in [4.69, 9.17) is 11.5 Å². The Kier molecular flexibility index (Phi) is 6.75. The number of piperazine rings is 1. The monoisotopic (exact) mass is 550 g/mol. The quantitative estimate of drug-likeness (QED) is 0.294. The van der Waals surface area contributed by atoms with E-state index in [1.165, 1.54) is 33.8 Å². The van der Waals surface area contributed by atoms with Crippen LogP contribution in [0, 0.1) is 11.3 Å². The van der Waals surface area contributed by atoms with Gasteiger partial charge in [0, 0.05) is 42.0 Å². The zero-order valence-electron chi connectivity index (χ0n) is 21.1. The van der Waals surface area contributed by atoms with Crippen LogP contribution in [0.5, 0.6) is 0 Å². The second-order valence-electron chi connectivity index (χ2n) is 9.41. The molecule has 4 heterocycles. The normalized spacial score (nSPS) is 14.1. The van der Waals surface area contributed by atoms with Gasteiger partial charge in [-0.25, -0.2) is 4.98 Å². The summed E-state index contributed by atoms with van der Waals surface area (Å²) in [7, 11) is 0. The third kappa shape index (κ3) is 4.53. The van der Waals surface area contributed by atoms with Gasteiger partial charge in [0.1, 0.15) is 27.2 Å². The molecule has 1 amide bonds. The van der Waals surface area contributed by atoms with Gasteiger partial charge in [-0.05, 0) is 22.6 Å². The van der Waals surface area contributed by atoms with Crippen LogP contribution in [0.4, 0.5) is 11.5 Å². The number of rotatable bonds is 5. The Morgan fingerprint density at radius 3 is 2.13 bits per heavy atom. The lowest BCUT2D eigenvalue weighted by atomic mass is 9.96. The van der Waals surface area contributed by atoms with Crippen molar-refractivity contribution in [2.45, 2.75) is 6.04 Å². The van der Waals surface area contributed by atoms with Gasteiger partial charge < -0.3 is 16.4 Å². The average molecular weight is 551 g/mol. The molecule has 39 heavy (non-hydrogen) atoms. The molecule has 0 radical (unpaired) electrons. The fraction of sp³-hybridized carbons (Fsp3) is 0.167. The third-order valence-corrected chi connectivity index (χ3v) is 9.15. The van der Waals surface area contributed by atoms with E-state index in [0.717, 1.165) is 18.0 Å². The van der Waals surface area contributed by atoms with Gasteiger partial charge in [-0.15, -0.1) is 22.7 Å². The molecule has 0 atom stereocenters. The van der Waals surface area contributed by atoms with Gasteiger partial charge >= 0.3 is 0 Å². The molecule has 0 saturated carbocycles. The minimum atomic E-state index is -0.111. The number of nitrogens with two attached hydrogens (primary N) is 2. The number of nitrogen functional groups attached to an aromatic ring is 2. The summed E-state index contributed by atoms with van der Waals surface area (Å²) in [5.74, 6) is 0.0375. The molecule has 2 aromatic carbocycles. The molecule has 0 spiro atoms. The third-order valence-electron chi connectivity index (χ3n) is 7.18. The SMILES string of the molecule is N#Cc1c(N)nc2sc(C(=O)N3CCN(C(c4ccccc4)c4ccccc4)CC3)c(N)c2c1-c1cccs1. The summed E-state index contributed by atoms with van der Waals surface area (Å²) in [6, 6.07) is 27.1. The molecule has 9 heteroatoms. The van der Waals surface area contributed by atoms with Crippen LogP contribution in [0.25, 0.3) is 20.7 Å². The summed E-state index contributed by atoms with van der Waals surface area (Å²) >= 11 is 2.74. The van der Waals surface area contributed by atoms with Crippen molar-refractivity contribution in [1.29, 1.82) is 5.26 Å². The summed E-state index contributed by atoms with van der Waals surface area (Å²) in [6.45, 7) is 2.63. The van der Waals surface area contributed by atoms with Crippen LogP contribution in [0.3, 0.4) is 0 Å². The molecule has 4 N–H and O–H groups in total. The van der Waals surface area contributed by atoms with Gasteiger partial charge in [-0.2, -0.15) is 5.26 Å². The molecule has 0 bridgehead atoms. The molecule has 7 nitrogen and oxygen atoms in total. The number of carbonyl (C=O) groups is 1. The largest absolute Gasteiger partial charge is 0.397 e. The highest BCUT2D eigenvalue weighted by atomic mass is 32.1. The van der Waals surface area contributed by atoms with Crippen LogP contribution < -0.4 is 11.5 Å². The molecular formula is C30H26N6OS2. The molecule has 194 valence electrons. The van der Waals surface area contributed by atoms with Crippen molar-refractivity contribution in [3.8, 4) is 16.5 Å². The van der Waals surface area contributed by atoms with Crippen molar-refractivity contribution >= 4 is 50.3 Å². The van der Waals surface area contributed by atoms with E-state index in [0.29, 0.717) is 39.4 Å². The molecule has 5 aromatic rings. The van der Waals surface area contributed by atoms with Gasteiger partial charge in [-0.3, -0.25) is 9.69 Å². The first-order valence-corrected chi connectivity index (χ1v) is 14.3. The van der Waals surface area contributed by atoms with E-state index in [1.54, 1.807) is 0 Å². The van der Waals surface area contributed by atoms with E-state index < -0.39 is 0 Å². The summed E-state index contributed by atoms with van der Waals surface area (Å²) in [5, 5.41) is 12.4. The van der Waals surface area contributed by atoms with Crippen LogP contribution in [0.1, 0.15) is 32.4 Å². The second-order valence-corrected chi connectivity index (χ2v) is 11.4. The first-order valence-electron chi connectivity index (χ1n) is 12.7. The molecule has 1 aliphatic rings. The number of anilines is 2. The first-order chi connectivity index (χ1) is 19.1. The number of nitrogens with zero attached hydrogens (tertiary/aromatic N) is 4. The Balaban J connectivity index is 1.29. The van der Waals surface area contributed by atoms with Crippen LogP contribution in [-0.4, -0.2) is 46.9 Å². The van der Waals surface area contributed by atoms with E-state index in [9.17, 15) is 10.1 Å².